The van der Waals surface area contributed by atoms with Crippen LogP contribution in [0.2, 0.25) is 5.02 Å². The highest BCUT2D eigenvalue weighted by Crippen LogP contribution is 2.26. The summed E-state index contributed by atoms with van der Waals surface area (Å²) in [5.41, 5.74) is 9.02. The van der Waals surface area contributed by atoms with Gasteiger partial charge in [0.1, 0.15) is 5.82 Å². The van der Waals surface area contributed by atoms with Gasteiger partial charge < -0.3 is 10.3 Å². The molecule has 2 N–H and O–H groups in total. The first-order valence-corrected chi connectivity index (χ1v) is 7.27. The van der Waals surface area contributed by atoms with Crippen LogP contribution in [-0.2, 0) is 13.0 Å². The minimum atomic E-state index is -0.219. The van der Waals surface area contributed by atoms with E-state index in [0.29, 0.717) is 18.1 Å². The number of nitrogens with two attached hydrogens (primary N) is 1. The van der Waals surface area contributed by atoms with Crippen molar-refractivity contribution in [2.45, 2.75) is 13.0 Å². The molecular formula is C17H16ClFN2. The molecule has 0 fully saturated rings. The topological polar surface area (TPSA) is 30.9 Å². The maximum absolute atomic E-state index is 13.0. The average Bonchev–Trinajstić information content (AvgIpc) is 2.79. The van der Waals surface area contributed by atoms with Crippen LogP contribution in [0.4, 0.5) is 4.39 Å². The van der Waals surface area contributed by atoms with Gasteiger partial charge in [0.25, 0.3) is 0 Å². The molecule has 2 nitrogen and oxygen atoms in total. The fraction of sp³-hybridized carbons (Fsp3) is 0.176. The van der Waals surface area contributed by atoms with Crippen molar-refractivity contribution in [3.05, 3.63) is 70.6 Å². The number of hydrogen-bond acceptors (Lipinski definition) is 1. The van der Waals surface area contributed by atoms with Gasteiger partial charge >= 0.3 is 0 Å². The van der Waals surface area contributed by atoms with E-state index in [0.717, 1.165) is 17.5 Å². The Hall–Kier alpha value is -1.84. The van der Waals surface area contributed by atoms with Crippen molar-refractivity contribution in [3.63, 3.8) is 0 Å². The van der Waals surface area contributed by atoms with Gasteiger partial charge in [-0.05, 0) is 48.4 Å². The molecule has 3 rings (SSSR count). The van der Waals surface area contributed by atoms with Crippen molar-refractivity contribution in [1.82, 2.24) is 4.57 Å². The highest BCUT2D eigenvalue weighted by Gasteiger charge is 2.09. The lowest BCUT2D eigenvalue weighted by molar-refractivity contribution is 0.626. The zero-order valence-electron chi connectivity index (χ0n) is 11.5. The molecule has 0 unspecified atom stereocenters. The van der Waals surface area contributed by atoms with Crippen LogP contribution in [-0.4, -0.2) is 11.1 Å². The minimum absolute atomic E-state index is 0.219. The molecule has 0 radical (unpaired) electrons. The fourth-order valence-corrected chi connectivity index (χ4v) is 2.78. The second kappa shape index (κ2) is 5.88. The summed E-state index contributed by atoms with van der Waals surface area (Å²) in [7, 11) is 0. The molecule has 0 atom stereocenters. The number of aromatic nitrogens is 1. The molecule has 1 heterocycles. The monoisotopic (exact) mass is 302 g/mol. The number of rotatable bonds is 4. The smallest absolute Gasteiger partial charge is 0.123 e. The van der Waals surface area contributed by atoms with Gasteiger partial charge in [-0.3, -0.25) is 0 Å². The summed E-state index contributed by atoms with van der Waals surface area (Å²) >= 11 is 6.11. The first kappa shape index (κ1) is 14.1. The molecule has 0 aliphatic heterocycles. The van der Waals surface area contributed by atoms with E-state index < -0.39 is 0 Å². The van der Waals surface area contributed by atoms with E-state index in [1.165, 1.54) is 23.1 Å². The SMILES string of the molecule is NCCc1cn(Cc2ccc(F)cc2)c2cc(Cl)ccc12. The second-order valence-electron chi connectivity index (χ2n) is 5.11. The Bertz CT molecular complexity index is 762. The van der Waals surface area contributed by atoms with E-state index in [1.807, 2.05) is 18.2 Å². The zero-order valence-corrected chi connectivity index (χ0v) is 12.3. The predicted molar refractivity (Wildman–Crippen MR) is 85.2 cm³/mol. The quantitative estimate of drug-likeness (QED) is 0.776. The Balaban J connectivity index is 2.04. The van der Waals surface area contributed by atoms with Crippen molar-refractivity contribution in [2.75, 3.05) is 6.54 Å². The third-order valence-electron chi connectivity index (χ3n) is 3.61. The molecule has 2 aromatic carbocycles. The summed E-state index contributed by atoms with van der Waals surface area (Å²) in [6, 6.07) is 12.4. The van der Waals surface area contributed by atoms with Crippen molar-refractivity contribution < 1.29 is 4.39 Å². The van der Waals surface area contributed by atoms with Crippen molar-refractivity contribution in [3.8, 4) is 0 Å². The molecule has 0 aliphatic carbocycles. The molecule has 0 saturated heterocycles. The van der Waals surface area contributed by atoms with Crippen LogP contribution < -0.4 is 5.73 Å². The lowest BCUT2D eigenvalue weighted by atomic mass is 10.1. The van der Waals surface area contributed by atoms with E-state index >= 15 is 0 Å². The Morgan fingerprint density at radius 2 is 1.86 bits per heavy atom. The summed E-state index contributed by atoms with van der Waals surface area (Å²) in [5, 5.41) is 1.88. The third kappa shape index (κ3) is 2.94. The molecule has 3 aromatic rings. The Morgan fingerprint density at radius 3 is 2.57 bits per heavy atom. The first-order chi connectivity index (χ1) is 10.2. The van der Waals surface area contributed by atoms with Crippen LogP contribution in [0.25, 0.3) is 10.9 Å². The number of halogens is 2. The Kier molecular flexibility index (Phi) is 3.95. The molecule has 1 aromatic heterocycles. The molecule has 0 spiro atoms. The molecule has 21 heavy (non-hydrogen) atoms. The standard InChI is InChI=1S/C17H16ClFN2/c18-14-3-6-16-13(7-8-20)11-21(17(16)9-14)10-12-1-4-15(19)5-2-12/h1-6,9,11H,7-8,10,20H2. The molecule has 0 amide bonds. The molecule has 108 valence electrons. The van der Waals surface area contributed by atoms with Crippen LogP contribution in [0.5, 0.6) is 0 Å². The number of fused-ring (bicyclic) bond motifs is 1. The van der Waals surface area contributed by atoms with E-state index in [1.54, 1.807) is 12.1 Å². The molecular weight excluding hydrogens is 287 g/mol. The first-order valence-electron chi connectivity index (χ1n) is 6.89. The van der Waals surface area contributed by atoms with Gasteiger partial charge in [-0.1, -0.05) is 29.8 Å². The predicted octanol–water partition coefficient (Wildman–Crippen LogP) is 3.98. The van der Waals surface area contributed by atoms with Crippen LogP contribution in [0.15, 0.2) is 48.7 Å². The van der Waals surface area contributed by atoms with Gasteiger partial charge in [0.15, 0.2) is 0 Å². The van der Waals surface area contributed by atoms with Crippen LogP contribution in [0.1, 0.15) is 11.1 Å². The average molecular weight is 303 g/mol. The van der Waals surface area contributed by atoms with Gasteiger partial charge in [0.05, 0.1) is 5.52 Å². The summed E-state index contributed by atoms with van der Waals surface area (Å²) in [6.45, 7) is 1.29. The van der Waals surface area contributed by atoms with Crippen molar-refractivity contribution in [2.24, 2.45) is 5.73 Å². The van der Waals surface area contributed by atoms with Crippen LogP contribution in [0, 0.1) is 5.82 Å². The molecule has 0 aliphatic rings. The third-order valence-corrected chi connectivity index (χ3v) is 3.84. The maximum Gasteiger partial charge on any atom is 0.123 e. The molecule has 0 saturated carbocycles. The van der Waals surface area contributed by atoms with Gasteiger partial charge in [0, 0.05) is 23.2 Å². The lowest BCUT2D eigenvalue weighted by Crippen LogP contribution is -2.02. The second-order valence-corrected chi connectivity index (χ2v) is 5.55. The van der Waals surface area contributed by atoms with E-state index in [4.69, 9.17) is 17.3 Å². The summed E-state index contributed by atoms with van der Waals surface area (Å²) in [6.07, 6.45) is 2.94. The minimum Gasteiger partial charge on any atom is -0.343 e. The van der Waals surface area contributed by atoms with E-state index in [9.17, 15) is 4.39 Å². The Labute approximate surface area is 127 Å². The summed E-state index contributed by atoms with van der Waals surface area (Å²) in [5.74, 6) is -0.219. The van der Waals surface area contributed by atoms with Crippen LogP contribution in [0.3, 0.4) is 0 Å². The van der Waals surface area contributed by atoms with Gasteiger partial charge in [-0.2, -0.15) is 0 Å². The number of nitrogens with zero attached hydrogens (tertiary/aromatic N) is 1. The van der Waals surface area contributed by atoms with Crippen LogP contribution >= 0.6 is 11.6 Å². The largest absolute Gasteiger partial charge is 0.343 e. The van der Waals surface area contributed by atoms with Crippen molar-refractivity contribution in [1.29, 1.82) is 0 Å². The van der Waals surface area contributed by atoms with Gasteiger partial charge in [0.2, 0.25) is 0 Å². The Morgan fingerprint density at radius 1 is 1.10 bits per heavy atom. The normalized spacial score (nSPS) is 11.2. The lowest BCUT2D eigenvalue weighted by Gasteiger charge is -2.06. The molecule has 4 heteroatoms. The number of hydrogen-bond donors (Lipinski definition) is 1. The zero-order chi connectivity index (χ0) is 14.8. The van der Waals surface area contributed by atoms with E-state index in [-0.39, 0.29) is 5.82 Å². The van der Waals surface area contributed by atoms with E-state index in [2.05, 4.69) is 10.8 Å². The maximum atomic E-state index is 13.0. The summed E-state index contributed by atoms with van der Waals surface area (Å²) in [4.78, 5) is 0. The number of benzene rings is 2. The fourth-order valence-electron chi connectivity index (χ4n) is 2.61. The van der Waals surface area contributed by atoms with Crippen molar-refractivity contribution >= 4 is 22.5 Å². The molecule has 0 bridgehead atoms. The van der Waals surface area contributed by atoms with Gasteiger partial charge in [-0.25, -0.2) is 4.39 Å². The van der Waals surface area contributed by atoms with Gasteiger partial charge in [-0.15, -0.1) is 0 Å². The highest BCUT2D eigenvalue weighted by molar-refractivity contribution is 6.31. The highest BCUT2D eigenvalue weighted by atomic mass is 35.5. The summed E-state index contributed by atoms with van der Waals surface area (Å²) < 4.78 is 15.1.